The van der Waals surface area contributed by atoms with Gasteiger partial charge in [-0.15, -0.1) is 11.3 Å². The number of fused-ring (bicyclic) bond motifs is 1. The first-order chi connectivity index (χ1) is 10.1. The SMILES string of the molecule is CC(C)NC(=O)Cn1c(-c2cccs2)cc2cccnc21. The molecule has 3 heterocycles. The van der Waals surface area contributed by atoms with Crippen LogP contribution in [0.4, 0.5) is 0 Å². The van der Waals surface area contributed by atoms with Crippen LogP contribution in [0.5, 0.6) is 0 Å². The summed E-state index contributed by atoms with van der Waals surface area (Å²) in [6.45, 7) is 4.21. The van der Waals surface area contributed by atoms with E-state index in [1.54, 1.807) is 17.5 Å². The van der Waals surface area contributed by atoms with Gasteiger partial charge in [-0.25, -0.2) is 4.98 Å². The van der Waals surface area contributed by atoms with E-state index in [-0.39, 0.29) is 18.5 Å². The number of hydrogen-bond donors (Lipinski definition) is 1. The second-order valence-electron chi connectivity index (χ2n) is 5.23. The number of pyridine rings is 1. The van der Waals surface area contributed by atoms with Gasteiger partial charge in [0.1, 0.15) is 12.2 Å². The summed E-state index contributed by atoms with van der Waals surface area (Å²) in [6, 6.07) is 10.3. The average Bonchev–Trinajstić information content (AvgIpc) is 3.06. The number of carbonyl (C=O) groups excluding carboxylic acids is 1. The van der Waals surface area contributed by atoms with Crippen LogP contribution < -0.4 is 5.32 Å². The van der Waals surface area contributed by atoms with E-state index in [4.69, 9.17) is 0 Å². The number of carbonyl (C=O) groups is 1. The van der Waals surface area contributed by atoms with Crippen LogP contribution in [-0.4, -0.2) is 21.5 Å². The number of nitrogens with one attached hydrogen (secondary N) is 1. The molecule has 3 aromatic rings. The zero-order valence-electron chi connectivity index (χ0n) is 12.0. The minimum Gasteiger partial charge on any atom is -0.352 e. The molecule has 0 aliphatic heterocycles. The van der Waals surface area contributed by atoms with Crippen molar-refractivity contribution in [3.63, 3.8) is 0 Å². The van der Waals surface area contributed by atoms with E-state index < -0.39 is 0 Å². The molecule has 1 N–H and O–H groups in total. The van der Waals surface area contributed by atoms with E-state index >= 15 is 0 Å². The smallest absolute Gasteiger partial charge is 0.240 e. The van der Waals surface area contributed by atoms with Gasteiger partial charge in [0, 0.05) is 17.6 Å². The molecule has 0 spiro atoms. The first-order valence-corrected chi connectivity index (χ1v) is 7.80. The molecular weight excluding hydrogens is 282 g/mol. The van der Waals surface area contributed by atoms with Crippen molar-refractivity contribution in [2.45, 2.75) is 26.4 Å². The van der Waals surface area contributed by atoms with E-state index in [9.17, 15) is 4.79 Å². The maximum Gasteiger partial charge on any atom is 0.240 e. The summed E-state index contributed by atoms with van der Waals surface area (Å²) in [5.41, 5.74) is 1.89. The molecule has 3 rings (SSSR count). The first kappa shape index (κ1) is 13.8. The van der Waals surface area contributed by atoms with Gasteiger partial charge in [0.05, 0.1) is 10.6 Å². The van der Waals surface area contributed by atoms with E-state index in [2.05, 4.69) is 22.4 Å². The van der Waals surface area contributed by atoms with Crippen molar-refractivity contribution in [3.05, 3.63) is 41.9 Å². The Morgan fingerprint density at radius 1 is 1.38 bits per heavy atom. The summed E-state index contributed by atoms with van der Waals surface area (Å²) in [7, 11) is 0. The van der Waals surface area contributed by atoms with Gasteiger partial charge in [-0.05, 0) is 43.5 Å². The number of amides is 1. The van der Waals surface area contributed by atoms with Crippen LogP contribution >= 0.6 is 11.3 Å². The number of nitrogens with zero attached hydrogens (tertiary/aromatic N) is 2. The molecule has 0 fully saturated rings. The van der Waals surface area contributed by atoms with Crippen molar-refractivity contribution in [3.8, 4) is 10.6 Å². The lowest BCUT2D eigenvalue weighted by atomic mass is 10.3. The number of aromatic nitrogens is 2. The normalized spacial score (nSPS) is 11.2. The number of hydrogen-bond acceptors (Lipinski definition) is 3. The molecule has 0 bridgehead atoms. The Labute approximate surface area is 127 Å². The molecule has 0 saturated heterocycles. The van der Waals surface area contributed by atoms with Crippen molar-refractivity contribution < 1.29 is 4.79 Å². The maximum absolute atomic E-state index is 12.1. The van der Waals surface area contributed by atoms with E-state index in [1.807, 2.05) is 42.0 Å². The third-order valence-corrected chi connectivity index (χ3v) is 4.07. The standard InChI is InChI=1S/C16H17N3OS/c1-11(2)18-15(20)10-19-13(14-6-4-8-21-14)9-12-5-3-7-17-16(12)19/h3-9,11H,10H2,1-2H3,(H,18,20). The van der Waals surface area contributed by atoms with Crippen molar-refractivity contribution in [1.29, 1.82) is 0 Å². The van der Waals surface area contributed by atoms with Gasteiger partial charge >= 0.3 is 0 Å². The predicted molar refractivity (Wildman–Crippen MR) is 86.3 cm³/mol. The molecule has 0 saturated carbocycles. The summed E-state index contributed by atoms with van der Waals surface area (Å²) >= 11 is 1.67. The summed E-state index contributed by atoms with van der Waals surface area (Å²) in [5.74, 6) is 0.00552. The minimum absolute atomic E-state index is 0.00552. The highest BCUT2D eigenvalue weighted by Gasteiger charge is 2.15. The highest BCUT2D eigenvalue weighted by atomic mass is 32.1. The largest absolute Gasteiger partial charge is 0.352 e. The van der Waals surface area contributed by atoms with Gasteiger partial charge in [0.2, 0.25) is 5.91 Å². The van der Waals surface area contributed by atoms with Crippen LogP contribution in [0.3, 0.4) is 0 Å². The Hall–Kier alpha value is -2.14. The topological polar surface area (TPSA) is 46.9 Å². The van der Waals surface area contributed by atoms with Crippen LogP contribution in [0.25, 0.3) is 21.6 Å². The van der Waals surface area contributed by atoms with E-state index in [0.717, 1.165) is 21.6 Å². The highest BCUT2D eigenvalue weighted by Crippen LogP contribution is 2.30. The van der Waals surface area contributed by atoms with Crippen molar-refractivity contribution >= 4 is 28.3 Å². The molecule has 21 heavy (non-hydrogen) atoms. The van der Waals surface area contributed by atoms with E-state index in [1.165, 1.54) is 0 Å². The van der Waals surface area contributed by atoms with Gasteiger partial charge in [-0.3, -0.25) is 4.79 Å². The van der Waals surface area contributed by atoms with Crippen LogP contribution in [0.1, 0.15) is 13.8 Å². The molecule has 0 unspecified atom stereocenters. The summed E-state index contributed by atoms with van der Waals surface area (Å²) < 4.78 is 1.98. The van der Waals surface area contributed by atoms with Crippen molar-refractivity contribution in [1.82, 2.24) is 14.9 Å². The van der Waals surface area contributed by atoms with Gasteiger partial charge in [-0.1, -0.05) is 6.07 Å². The molecule has 0 aromatic carbocycles. The summed E-state index contributed by atoms with van der Waals surface area (Å²) in [4.78, 5) is 17.7. The third-order valence-electron chi connectivity index (χ3n) is 3.18. The number of thiophene rings is 1. The number of rotatable bonds is 4. The fourth-order valence-corrected chi connectivity index (χ4v) is 3.14. The quantitative estimate of drug-likeness (QED) is 0.803. The molecule has 5 heteroatoms. The van der Waals surface area contributed by atoms with E-state index in [0.29, 0.717) is 0 Å². The Morgan fingerprint density at radius 3 is 2.95 bits per heavy atom. The molecule has 0 aliphatic rings. The Balaban J connectivity index is 2.06. The molecule has 108 valence electrons. The lowest BCUT2D eigenvalue weighted by Crippen LogP contribution is -2.33. The van der Waals surface area contributed by atoms with Gasteiger partial charge in [0.25, 0.3) is 0 Å². The third kappa shape index (κ3) is 2.83. The fraction of sp³-hybridized carbons (Fsp3) is 0.250. The van der Waals surface area contributed by atoms with Gasteiger partial charge < -0.3 is 9.88 Å². The lowest BCUT2D eigenvalue weighted by molar-refractivity contribution is -0.122. The second-order valence-corrected chi connectivity index (χ2v) is 6.18. The molecule has 4 nitrogen and oxygen atoms in total. The Kier molecular flexibility index (Phi) is 3.75. The van der Waals surface area contributed by atoms with Crippen LogP contribution in [0.15, 0.2) is 41.9 Å². The van der Waals surface area contributed by atoms with Crippen molar-refractivity contribution in [2.24, 2.45) is 0 Å². The Morgan fingerprint density at radius 2 is 2.24 bits per heavy atom. The second kappa shape index (κ2) is 5.69. The molecule has 0 aliphatic carbocycles. The monoisotopic (exact) mass is 299 g/mol. The maximum atomic E-state index is 12.1. The molecule has 0 radical (unpaired) electrons. The molecular formula is C16H17N3OS. The Bertz CT molecular complexity index is 759. The van der Waals surface area contributed by atoms with Crippen molar-refractivity contribution in [2.75, 3.05) is 0 Å². The zero-order valence-corrected chi connectivity index (χ0v) is 12.9. The van der Waals surface area contributed by atoms with Crippen LogP contribution in [0, 0.1) is 0 Å². The lowest BCUT2D eigenvalue weighted by Gasteiger charge is -2.11. The zero-order chi connectivity index (χ0) is 14.8. The van der Waals surface area contributed by atoms with Gasteiger partial charge in [0.15, 0.2) is 0 Å². The summed E-state index contributed by atoms with van der Waals surface area (Å²) in [5, 5.41) is 6.03. The molecule has 3 aromatic heterocycles. The molecule has 0 atom stereocenters. The average molecular weight is 299 g/mol. The van der Waals surface area contributed by atoms with Crippen LogP contribution in [0.2, 0.25) is 0 Å². The predicted octanol–water partition coefficient (Wildman–Crippen LogP) is 3.29. The van der Waals surface area contributed by atoms with Crippen LogP contribution in [-0.2, 0) is 11.3 Å². The van der Waals surface area contributed by atoms with Gasteiger partial charge in [-0.2, -0.15) is 0 Å². The highest BCUT2D eigenvalue weighted by molar-refractivity contribution is 7.13. The summed E-state index contributed by atoms with van der Waals surface area (Å²) in [6.07, 6.45) is 1.76. The fourth-order valence-electron chi connectivity index (χ4n) is 2.39. The minimum atomic E-state index is 0.00552. The first-order valence-electron chi connectivity index (χ1n) is 6.92. The molecule has 1 amide bonds.